The largest absolute Gasteiger partial charge is 0.477 e. The number of aliphatic hydroxyl groups excluding tert-OH is 4. The van der Waals surface area contributed by atoms with Crippen molar-refractivity contribution in [2.24, 2.45) is 5.73 Å². The van der Waals surface area contributed by atoms with Crippen molar-refractivity contribution in [1.29, 1.82) is 0 Å². The van der Waals surface area contributed by atoms with Crippen molar-refractivity contribution in [3.05, 3.63) is 60.2 Å². The van der Waals surface area contributed by atoms with Gasteiger partial charge in [0.2, 0.25) is 11.8 Å². The first-order chi connectivity index (χ1) is 21.1. The average Bonchev–Trinajstić information content (AvgIpc) is 3.02. The molecular formula is C30H41N3O10S. The Morgan fingerprint density at radius 2 is 1.73 bits per heavy atom. The third-order valence-electron chi connectivity index (χ3n) is 7.07. The van der Waals surface area contributed by atoms with E-state index in [9.17, 15) is 39.9 Å². The molecule has 0 aliphatic carbocycles. The summed E-state index contributed by atoms with van der Waals surface area (Å²) < 4.78 is 11.3. The summed E-state index contributed by atoms with van der Waals surface area (Å²) in [4.78, 5) is 36.9. The molecule has 1 fully saturated rings. The molecule has 1 saturated heterocycles. The van der Waals surface area contributed by atoms with Gasteiger partial charge in [-0.2, -0.15) is 11.8 Å². The third-order valence-corrected chi connectivity index (χ3v) is 8.17. The fourth-order valence-corrected chi connectivity index (χ4v) is 5.47. The monoisotopic (exact) mass is 635 g/mol. The van der Waals surface area contributed by atoms with E-state index in [0.29, 0.717) is 24.3 Å². The Morgan fingerprint density at radius 3 is 2.36 bits per heavy atom. The van der Waals surface area contributed by atoms with Gasteiger partial charge in [0.15, 0.2) is 0 Å². The quantitative estimate of drug-likeness (QED) is 0.101. The molecule has 2 aromatic rings. The number of aliphatic hydroxyl groups is 4. The second-order valence-corrected chi connectivity index (χ2v) is 11.6. The first-order valence-corrected chi connectivity index (χ1v) is 15.4. The highest BCUT2D eigenvalue weighted by atomic mass is 32.2. The van der Waals surface area contributed by atoms with Gasteiger partial charge in [-0.1, -0.05) is 54.6 Å². The van der Waals surface area contributed by atoms with Crippen LogP contribution in [0, 0.1) is 0 Å². The van der Waals surface area contributed by atoms with E-state index in [1.54, 1.807) is 23.9 Å². The van der Waals surface area contributed by atoms with Crippen molar-refractivity contribution in [1.82, 2.24) is 10.6 Å². The van der Waals surface area contributed by atoms with Crippen LogP contribution in [0.4, 0.5) is 0 Å². The molecular weight excluding hydrogens is 594 g/mol. The van der Waals surface area contributed by atoms with Gasteiger partial charge in [-0.05, 0) is 28.9 Å². The van der Waals surface area contributed by atoms with E-state index in [-0.39, 0.29) is 13.0 Å². The highest BCUT2D eigenvalue weighted by molar-refractivity contribution is 7.99. The Labute approximate surface area is 259 Å². The van der Waals surface area contributed by atoms with Gasteiger partial charge >= 0.3 is 5.97 Å². The van der Waals surface area contributed by atoms with E-state index in [2.05, 4.69) is 10.6 Å². The van der Waals surface area contributed by atoms with Gasteiger partial charge in [-0.3, -0.25) is 9.59 Å². The molecule has 2 amide bonds. The fourth-order valence-electron chi connectivity index (χ4n) is 4.78. The van der Waals surface area contributed by atoms with Crippen molar-refractivity contribution in [2.45, 2.75) is 55.5 Å². The molecule has 6 atom stereocenters. The van der Waals surface area contributed by atoms with Crippen molar-refractivity contribution < 1.29 is 49.4 Å². The average molecular weight is 636 g/mol. The molecule has 0 saturated carbocycles. The normalized spacial score (nSPS) is 23.0. The first kappa shape index (κ1) is 35.4. The molecule has 9 N–H and O–H groups in total. The number of amides is 2. The second kappa shape index (κ2) is 17.4. The van der Waals surface area contributed by atoms with Crippen molar-refractivity contribution in [3.8, 4) is 11.1 Å². The Balaban J connectivity index is 1.64. The standard InChI is InChI=1S/C30H41N3O10S/c31-11-14-44-13-4-12-42-30(29(40)41)16-22(35)26(33-25(38)18-34)28(43-30)27(39)23(36)17-32-24(37)15-19-7-9-21(10-8-19)20-5-2-1-3-6-20/h1-3,5-10,22-23,26-28,34-36,39H,4,11-18,31H2,(H,32,37)(H,33,38)(H,40,41). The summed E-state index contributed by atoms with van der Waals surface area (Å²) >= 11 is 1.55. The SMILES string of the molecule is NCCSCCCOC1(C(=O)O)CC(O)C(NC(=O)CO)C(C(O)C(O)CNC(=O)Cc2ccc(-c3ccccc3)cc2)O1. The zero-order chi connectivity index (χ0) is 32.1. The van der Waals surface area contributed by atoms with Crippen LogP contribution >= 0.6 is 11.8 Å². The van der Waals surface area contributed by atoms with Crippen LogP contribution in [0.5, 0.6) is 0 Å². The number of aliphatic carboxylic acids is 1. The number of rotatable bonds is 17. The van der Waals surface area contributed by atoms with Crippen LogP contribution in [0.25, 0.3) is 11.1 Å². The van der Waals surface area contributed by atoms with Gasteiger partial charge in [0, 0.05) is 25.3 Å². The lowest BCUT2D eigenvalue weighted by Gasteiger charge is -2.46. The highest BCUT2D eigenvalue weighted by Gasteiger charge is 2.55. The number of carboxylic acids is 1. The maximum absolute atomic E-state index is 12.6. The summed E-state index contributed by atoms with van der Waals surface area (Å²) in [5.74, 6) is -3.98. The summed E-state index contributed by atoms with van der Waals surface area (Å²) in [6, 6.07) is 15.7. The molecule has 0 aromatic heterocycles. The molecule has 2 aromatic carbocycles. The molecule has 242 valence electrons. The molecule has 1 aliphatic heterocycles. The van der Waals surface area contributed by atoms with E-state index in [1.165, 1.54) is 0 Å². The summed E-state index contributed by atoms with van der Waals surface area (Å²) in [5, 5.41) is 56.6. The lowest BCUT2D eigenvalue weighted by Crippen LogP contribution is -2.68. The van der Waals surface area contributed by atoms with Crippen molar-refractivity contribution in [3.63, 3.8) is 0 Å². The smallest absolute Gasteiger partial charge is 0.364 e. The summed E-state index contributed by atoms with van der Waals surface area (Å²) in [5.41, 5.74) is 8.20. The fraction of sp³-hybridized carbons (Fsp3) is 0.500. The lowest BCUT2D eigenvalue weighted by molar-refractivity contribution is -0.310. The molecule has 44 heavy (non-hydrogen) atoms. The second-order valence-electron chi connectivity index (χ2n) is 10.4. The van der Waals surface area contributed by atoms with Gasteiger partial charge in [0.25, 0.3) is 5.79 Å². The molecule has 1 aliphatic rings. The Morgan fingerprint density at radius 1 is 1.05 bits per heavy atom. The van der Waals surface area contributed by atoms with E-state index in [4.69, 9.17) is 15.2 Å². The maximum Gasteiger partial charge on any atom is 0.364 e. The molecule has 3 rings (SSSR count). The van der Waals surface area contributed by atoms with Gasteiger partial charge < -0.3 is 51.4 Å². The minimum Gasteiger partial charge on any atom is -0.477 e. The van der Waals surface area contributed by atoms with E-state index in [0.717, 1.165) is 16.9 Å². The number of thioether (sulfide) groups is 1. The Bertz CT molecular complexity index is 1210. The number of hydrogen-bond acceptors (Lipinski definition) is 11. The Kier molecular flexibility index (Phi) is 14.0. The van der Waals surface area contributed by atoms with Crippen molar-refractivity contribution in [2.75, 3.05) is 37.8 Å². The molecule has 13 nitrogen and oxygen atoms in total. The van der Waals surface area contributed by atoms with E-state index < -0.39 is 73.6 Å². The minimum atomic E-state index is -2.39. The van der Waals surface area contributed by atoms with Crippen molar-refractivity contribution >= 4 is 29.5 Å². The molecule has 14 heteroatoms. The number of carbonyl (C=O) groups is 3. The lowest BCUT2D eigenvalue weighted by atomic mass is 9.88. The third kappa shape index (κ3) is 9.97. The van der Waals surface area contributed by atoms with Crippen LogP contribution in [0.15, 0.2) is 54.6 Å². The highest BCUT2D eigenvalue weighted by Crippen LogP contribution is 2.34. The van der Waals surface area contributed by atoms with Crippen LogP contribution in [0.2, 0.25) is 0 Å². The number of carbonyl (C=O) groups excluding carboxylic acids is 2. The number of benzene rings is 2. The van der Waals surface area contributed by atoms with E-state index >= 15 is 0 Å². The van der Waals surface area contributed by atoms with Crippen LogP contribution < -0.4 is 16.4 Å². The summed E-state index contributed by atoms with van der Waals surface area (Å²) in [6.07, 6.45) is -7.03. The topological polar surface area (TPSA) is 221 Å². The number of nitrogens with two attached hydrogens (primary N) is 1. The molecule has 6 unspecified atom stereocenters. The maximum atomic E-state index is 12.6. The molecule has 0 bridgehead atoms. The predicted molar refractivity (Wildman–Crippen MR) is 162 cm³/mol. The Hall–Kier alpha value is -3.08. The molecule has 0 spiro atoms. The zero-order valence-corrected chi connectivity index (χ0v) is 25.0. The minimum absolute atomic E-state index is 0.00869. The first-order valence-electron chi connectivity index (χ1n) is 14.3. The number of hydrogen-bond donors (Lipinski definition) is 8. The van der Waals surface area contributed by atoms with Gasteiger partial charge in [0.05, 0.1) is 31.3 Å². The van der Waals surface area contributed by atoms with Gasteiger partial charge in [-0.15, -0.1) is 0 Å². The number of nitrogens with one attached hydrogen (secondary N) is 2. The van der Waals surface area contributed by atoms with Crippen LogP contribution in [-0.4, -0.2) is 117 Å². The van der Waals surface area contributed by atoms with Crippen LogP contribution in [0.3, 0.4) is 0 Å². The zero-order valence-electron chi connectivity index (χ0n) is 24.2. The van der Waals surface area contributed by atoms with Crippen LogP contribution in [-0.2, 0) is 30.3 Å². The number of carboxylic acid groups (broad SMARTS) is 1. The van der Waals surface area contributed by atoms with Crippen LogP contribution in [0.1, 0.15) is 18.4 Å². The molecule has 1 heterocycles. The predicted octanol–water partition coefficient (Wildman–Crippen LogP) is -0.759. The van der Waals surface area contributed by atoms with Gasteiger partial charge in [-0.25, -0.2) is 4.79 Å². The summed E-state index contributed by atoms with van der Waals surface area (Å²) in [6.45, 7) is -0.959. The van der Waals surface area contributed by atoms with E-state index in [1.807, 2.05) is 42.5 Å². The summed E-state index contributed by atoms with van der Waals surface area (Å²) in [7, 11) is 0. The number of ether oxygens (including phenoxy) is 2. The van der Waals surface area contributed by atoms with Gasteiger partial charge in [0.1, 0.15) is 18.8 Å². The molecule has 0 radical (unpaired) electrons.